The lowest BCUT2D eigenvalue weighted by atomic mass is 10.3. The molecule has 3 rings (SSSR count). The molecule has 1 N–H and O–H groups in total. The van der Waals surface area contributed by atoms with Gasteiger partial charge in [-0.15, -0.1) is 11.3 Å². The van der Waals surface area contributed by atoms with Gasteiger partial charge < -0.3 is 0 Å². The number of aromatic amines is 1. The zero-order valence-corrected chi connectivity index (χ0v) is 8.82. The minimum Gasteiger partial charge on any atom is -0.270 e. The van der Waals surface area contributed by atoms with Crippen LogP contribution in [0.5, 0.6) is 0 Å². The lowest BCUT2D eigenvalue weighted by Gasteiger charge is -1.89. The first-order valence-electron chi connectivity index (χ1n) is 3.72. The number of pyridine rings is 1. The Hall–Kier alpha value is -0.940. The maximum Gasteiger partial charge on any atom is 0.125 e. The van der Waals surface area contributed by atoms with E-state index < -0.39 is 0 Å². The number of fused-ring (bicyclic) bond motifs is 3. The first-order chi connectivity index (χ1) is 6.36. The molecule has 5 heteroatoms. The number of nitrogens with one attached hydrogen (secondary N) is 1. The average Bonchev–Trinajstić information content (AvgIpc) is 2.70. The van der Waals surface area contributed by atoms with Crippen LogP contribution in [0, 0.1) is 0 Å². The highest BCUT2D eigenvalue weighted by atomic mass is 79.9. The van der Waals surface area contributed by atoms with Crippen LogP contribution < -0.4 is 0 Å². The minimum atomic E-state index is 0.892. The number of thiophene rings is 1. The topological polar surface area (TPSA) is 41.6 Å². The van der Waals surface area contributed by atoms with Crippen LogP contribution in [0.4, 0.5) is 0 Å². The summed E-state index contributed by atoms with van der Waals surface area (Å²) in [5.41, 5.74) is 0.984. The lowest BCUT2D eigenvalue weighted by Crippen LogP contribution is -1.73. The van der Waals surface area contributed by atoms with Gasteiger partial charge in [-0.2, -0.15) is 5.10 Å². The molecule has 0 fully saturated rings. The fourth-order valence-corrected chi connectivity index (χ4v) is 2.47. The van der Waals surface area contributed by atoms with Crippen molar-refractivity contribution >= 4 is 48.4 Å². The SMILES string of the molecule is Brc1[nH]nc2c1cnc1sccc12. The van der Waals surface area contributed by atoms with Crippen molar-refractivity contribution in [3.8, 4) is 0 Å². The summed E-state index contributed by atoms with van der Waals surface area (Å²) in [7, 11) is 0. The highest BCUT2D eigenvalue weighted by Crippen LogP contribution is 2.28. The van der Waals surface area contributed by atoms with Gasteiger partial charge in [-0.1, -0.05) is 0 Å². The van der Waals surface area contributed by atoms with Crippen LogP contribution in [0.15, 0.2) is 22.2 Å². The molecule has 64 valence electrons. The van der Waals surface area contributed by atoms with Crippen molar-refractivity contribution in [3.05, 3.63) is 22.2 Å². The number of H-pyrrole nitrogens is 1. The summed E-state index contributed by atoms with van der Waals surface area (Å²) in [6.07, 6.45) is 1.84. The second-order valence-electron chi connectivity index (χ2n) is 2.70. The van der Waals surface area contributed by atoms with E-state index in [-0.39, 0.29) is 0 Å². The van der Waals surface area contributed by atoms with E-state index in [0.29, 0.717) is 0 Å². The van der Waals surface area contributed by atoms with Crippen LogP contribution in [0.3, 0.4) is 0 Å². The Morgan fingerprint density at radius 1 is 1.38 bits per heavy atom. The van der Waals surface area contributed by atoms with Crippen molar-refractivity contribution in [2.24, 2.45) is 0 Å². The number of nitrogens with zero attached hydrogens (tertiary/aromatic N) is 2. The van der Waals surface area contributed by atoms with E-state index in [4.69, 9.17) is 0 Å². The molecule has 0 bridgehead atoms. The Morgan fingerprint density at radius 3 is 3.23 bits per heavy atom. The maximum absolute atomic E-state index is 4.33. The van der Waals surface area contributed by atoms with Gasteiger partial charge in [0, 0.05) is 11.6 Å². The molecule has 3 heterocycles. The molecule has 0 unspecified atom stereocenters. The van der Waals surface area contributed by atoms with E-state index in [0.717, 1.165) is 25.7 Å². The van der Waals surface area contributed by atoms with Crippen LogP contribution in [0.1, 0.15) is 0 Å². The summed E-state index contributed by atoms with van der Waals surface area (Å²) in [6.45, 7) is 0. The number of hydrogen-bond donors (Lipinski definition) is 1. The van der Waals surface area contributed by atoms with E-state index >= 15 is 0 Å². The molecule has 3 aromatic rings. The molecular formula is C8H4BrN3S. The van der Waals surface area contributed by atoms with Gasteiger partial charge >= 0.3 is 0 Å². The summed E-state index contributed by atoms with van der Waals surface area (Å²) >= 11 is 5.02. The molecular weight excluding hydrogens is 250 g/mol. The van der Waals surface area contributed by atoms with Crippen molar-refractivity contribution in [1.82, 2.24) is 15.2 Å². The van der Waals surface area contributed by atoms with Crippen LogP contribution in [0.2, 0.25) is 0 Å². The smallest absolute Gasteiger partial charge is 0.125 e. The summed E-state index contributed by atoms with van der Waals surface area (Å²) in [5, 5.41) is 11.3. The molecule has 0 aliphatic rings. The first kappa shape index (κ1) is 7.46. The van der Waals surface area contributed by atoms with E-state index in [2.05, 4.69) is 31.1 Å². The van der Waals surface area contributed by atoms with Crippen molar-refractivity contribution < 1.29 is 0 Å². The van der Waals surface area contributed by atoms with Crippen molar-refractivity contribution in [3.63, 3.8) is 0 Å². The number of rotatable bonds is 0. The molecule has 0 saturated heterocycles. The molecule has 0 atom stereocenters. The van der Waals surface area contributed by atoms with Crippen molar-refractivity contribution in [1.29, 1.82) is 0 Å². The second-order valence-corrected chi connectivity index (χ2v) is 4.39. The van der Waals surface area contributed by atoms with Crippen LogP contribution in [0.25, 0.3) is 21.1 Å². The van der Waals surface area contributed by atoms with Gasteiger partial charge in [0.05, 0.1) is 5.39 Å². The maximum atomic E-state index is 4.33. The van der Waals surface area contributed by atoms with Gasteiger partial charge in [-0.25, -0.2) is 4.98 Å². The number of aromatic nitrogens is 3. The van der Waals surface area contributed by atoms with Gasteiger partial charge in [0.25, 0.3) is 0 Å². The quantitative estimate of drug-likeness (QED) is 0.670. The zero-order chi connectivity index (χ0) is 8.84. The van der Waals surface area contributed by atoms with Crippen molar-refractivity contribution in [2.75, 3.05) is 0 Å². The molecule has 0 saturated carbocycles. The highest BCUT2D eigenvalue weighted by molar-refractivity contribution is 9.10. The van der Waals surface area contributed by atoms with E-state index in [1.807, 2.05) is 17.6 Å². The van der Waals surface area contributed by atoms with Gasteiger partial charge in [0.1, 0.15) is 15.0 Å². The Bertz CT molecular complexity index is 583. The fraction of sp³-hybridized carbons (Fsp3) is 0. The van der Waals surface area contributed by atoms with Gasteiger partial charge in [-0.05, 0) is 27.4 Å². The van der Waals surface area contributed by atoms with Crippen LogP contribution in [-0.4, -0.2) is 15.2 Å². The molecule has 0 aliphatic heterocycles. The fourth-order valence-electron chi connectivity index (χ4n) is 1.36. The summed E-state index contributed by atoms with van der Waals surface area (Å²) in [5.74, 6) is 0. The Labute approximate surface area is 85.9 Å². The molecule has 13 heavy (non-hydrogen) atoms. The standard InChI is InChI=1S/C8H4BrN3S/c9-7-5-3-10-8-4(1-2-13-8)6(5)11-12-7/h1-3H,(H,11,12). The third kappa shape index (κ3) is 0.941. The molecule has 0 aliphatic carbocycles. The monoisotopic (exact) mass is 253 g/mol. The Kier molecular flexibility index (Phi) is 1.45. The van der Waals surface area contributed by atoms with Gasteiger partial charge in [-0.3, -0.25) is 5.10 Å². The van der Waals surface area contributed by atoms with E-state index in [9.17, 15) is 0 Å². The normalized spacial score (nSPS) is 11.5. The van der Waals surface area contributed by atoms with Gasteiger partial charge in [0.2, 0.25) is 0 Å². The van der Waals surface area contributed by atoms with E-state index in [1.54, 1.807) is 11.3 Å². The first-order valence-corrected chi connectivity index (χ1v) is 5.39. The summed E-state index contributed by atoms with van der Waals surface area (Å²) < 4.78 is 0.892. The van der Waals surface area contributed by atoms with Crippen molar-refractivity contribution in [2.45, 2.75) is 0 Å². The van der Waals surface area contributed by atoms with Crippen LogP contribution in [-0.2, 0) is 0 Å². The Balaban J connectivity index is 2.66. The van der Waals surface area contributed by atoms with Gasteiger partial charge in [0.15, 0.2) is 0 Å². The third-order valence-corrected chi connectivity index (χ3v) is 3.39. The average molecular weight is 254 g/mol. The molecule has 0 aromatic carbocycles. The molecule has 0 amide bonds. The number of hydrogen-bond acceptors (Lipinski definition) is 3. The van der Waals surface area contributed by atoms with E-state index in [1.165, 1.54) is 0 Å². The molecule has 3 aromatic heterocycles. The summed E-state index contributed by atoms with van der Waals surface area (Å²) in [4.78, 5) is 5.36. The summed E-state index contributed by atoms with van der Waals surface area (Å²) in [6, 6.07) is 2.04. The minimum absolute atomic E-state index is 0.892. The highest BCUT2D eigenvalue weighted by Gasteiger charge is 2.07. The Morgan fingerprint density at radius 2 is 2.31 bits per heavy atom. The molecule has 0 spiro atoms. The molecule has 0 radical (unpaired) electrons. The largest absolute Gasteiger partial charge is 0.270 e. The predicted molar refractivity (Wildman–Crippen MR) is 57.0 cm³/mol. The lowest BCUT2D eigenvalue weighted by molar-refractivity contribution is 1.10. The van der Waals surface area contributed by atoms with Crippen LogP contribution >= 0.6 is 27.3 Å². The second kappa shape index (κ2) is 2.52. The zero-order valence-electron chi connectivity index (χ0n) is 6.41. The molecule has 3 nitrogen and oxygen atoms in total. The third-order valence-electron chi connectivity index (χ3n) is 1.97. The number of halogens is 1. The predicted octanol–water partition coefficient (Wildman–Crippen LogP) is 2.94.